The van der Waals surface area contributed by atoms with Gasteiger partial charge in [0.2, 0.25) is 0 Å². The Bertz CT molecular complexity index is 235. The van der Waals surface area contributed by atoms with Gasteiger partial charge in [-0.25, -0.2) is 0 Å². The van der Waals surface area contributed by atoms with Crippen molar-refractivity contribution in [1.29, 1.82) is 0 Å². The van der Waals surface area contributed by atoms with E-state index in [0.29, 0.717) is 0 Å². The summed E-state index contributed by atoms with van der Waals surface area (Å²) in [7, 11) is 0. The van der Waals surface area contributed by atoms with E-state index in [0.717, 1.165) is 12.0 Å². The zero-order chi connectivity index (χ0) is 8.55. The minimum Gasteiger partial charge on any atom is -0.394 e. The fourth-order valence-electron chi connectivity index (χ4n) is 1.47. The van der Waals surface area contributed by atoms with Crippen LogP contribution in [0.2, 0.25) is 0 Å². The summed E-state index contributed by atoms with van der Waals surface area (Å²) in [6.45, 7) is 0.0926. The molecule has 0 aromatic carbocycles. The zero-order valence-electron chi connectivity index (χ0n) is 6.61. The Morgan fingerprint density at radius 2 is 2.50 bits per heavy atom. The summed E-state index contributed by atoms with van der Waals surface area (Å²) >= 11 is 6.06. The molecule has 0 bridgehead atoms. The van der Waals surface area contributed by atoms with E-state index in [9.17, 15) is 0 Å². The van der Waals surface area contributed by atoms with Crippen LogP contribution in [0, 0.1) is 0 Å². The Morgan fingerprint density at radius 3 is 3.08 bits per heavy atom. The first-order valence-corrected chi connectivity index (χ1v) is 4.53. The highest BCUT2D eigenvalue weighted by Gasteiger charge is 2.43. The summed E-state index contributed by atoms with van der Waals surface area (Å²) in [6.07, 6.45) is 6.95. The molecule has 0 aromatic rings. The molecular weight excluding hydrogens is 176 g/mol. The first kappa shape index (κ1) is 8.30. The molecular formula is C9H11ClO2. The summed E-state index contributed by atoms with van der Waals surface area (Å²) in [5.41, 5.74) is 1.11. The van der Waals surface area contributed by atoms with Crippen molar-refractivity contribution in [3.63, 3.8) is 0 Å². The number of halogens is 1. The van der Waals surface area contributed by atoms with Crippen molar-refractivity contribution in [3.8, 4) is 0 Å². The Labute approximate surface area is 76.5 Å². The Kier molecular flexibility index (Phi) is 2.22. The SMILES string of the molecule is OCC1OC1C1=CC=CCC1Cl. The second-order valence-electron chi connectivity index (χ2n) is 3.08. The van der Waals surface area contributed by atoms with Gasteiger partial charge in [0.05, 0.1) is 12.0 Å². The first-order valence-electron chi connectivity index (χ1n) is 4.10. The molecule has 1 aliphatic carbocycles. The van der Waals surface area contributed by atoms with Crippen LogP contribution in [0.1, 0.15) is 6.42 Å². The van der Waals surface area contributed by atoms with Crippen LogP contribution >= 0.6 is 11.6 Å². The number of hydrogen-bond donors (Lipinski definition) is 1. The van der Waals surface area contributed by atoms with Crippen LogP contribution in [0.5, 0.6) is 0 Å². The highest BCUT2D eigenvalue weighted by atomic mass is 35.5. The lowest BCUT2D eigenvalue weighted by molar-refractivity contribution is 0.242. The maximum Gasteiger partial charge on any atom is 0.112 e. The van der Waals surface area contributed by atoms with E-state index in [-0.39, 0.29) is 24.2 Å². The quantitative estimate of drug-likeness (QED) is 0.520. The second kappa shape index (κ2) is 3.21. The summed E-state index contributed by atoms with van der Waals surface area (Å²) in [5, 5.41) is 8.83. The topological polar surface area (TPSA) is 32.8 Å². The average Bonchev–Trinajstić information content (AvgIpc) is 2.84. The molecule has 3 atom stereocenters. The number of aliphatic hydroxyl groups is 1. The van der Waals surface area contributed by atoms with Gasteiger partial charge >= 0.3 is 0 Å². The zero-order valence-corrected chi connectivity index (χ0v) is 7.37. The average molecular weight is 187 g/mol. The molecule has 1 heterocycles. The number of hydrogen-bond acceptors (Lipinski definition) is 2. The maximum atomic E-state index is 8.78. The van der Waals surface area contributed by atoms with Crippen LogP contribution in [0.4, 0.5) is 0 Å². The molecule has 1 fully saturated rings. The van der Waals surface area contributed by atoms with Gasteiger partial charge in [-0.3, -0.25) is 0 Å². The molecule has 3 unspecified atom stereocenters. The monoisotopic (exact) mass is 186 g/mol. The Hall–Kier alpha value is -0.310. The van der Waals surface area contributed by atoms with Crippen LogP contribution in [0.3, 0.4) is 0 Å². The van der Waals surface area contributed by atoms with Crippen molar-refractivity contribution < 1.29 is 9.84 Å². The third-order valence-electron chi connectivity index (χ3n) is 2.22. The van der Waals surface area contributed by atoms with E-state index in [1.807, 2.05) is 18.2 Å². The van der Waals surface area contributed by atoms with Gasteiger partial charge in [0.15, 0.2) is 0 Å². The van der Waals surface area contributed by atoms with Crippen LogP contribution in [-0.2, 0) is 4.74 Å². The Morgan fingerprint density at radius 1 is 1.67 bits per heavy atom. The molecule has 1 N–H and O–H groups in total. The Balaban J connectivity index is 2.03. The van der Waals surface area contributed by atoms with Crippen molar-refractivity contribution in [3.05, 3.63) is 23.8 Å². The van der Waals surface area contributed by atoms with Crippen LogP contribution in [-0.4, -0.2) is 29.3 Å². The standard InChI is InChI=1S/C9H11ClO2/c10-7-4-2-1-3-6(7)9-8(5-11)12-9/h1-3,7-9,11H,4-5H2. The number of rotatable bonds is 2. The van der Waals surface area contributed by atoms with E-state index in [4.69, 9.17) is 21.4 Å². The van der Waals surface area contributed by atoms with Crippen molar-refractivity contribution in [2.45, 2.75) is 24.0 Å². The summed E-state index contributed by atoms with van der Waals surface area (Å²) in [4.78, 5) is 0. The molecule has 0 radical (unpaired) electrons. The van der Waals surface area contributed by atoms with Crippen LogP contribution in [0.25, 0.3) is 0 Å². The van der Waals surface area contributed by atoms with Crippen LogP contribution < -0.4 is 0 Å². The predicted molar refractivity (Wildman–Crippen MR) is 47.2 cm³/mol. The first-order chi connectivity index (χ1) is 5.83. The van der Waals surface area contributed by atoms with Gasteiger partial charge in [0, 0.05) is 0 Å². The molecule has 0 saturated carbocycles. The van der Waals surface area contributed by atoms with E-state index in [2.05, 4.69) is 0 Å². The summed E-state index contributed by atoms with van der Waals surface area (Å²) in [5.74, 6) is 0. The van der Waals surface area contributed by atoms with Gasteiger partial charge < -0.3 is 9.84 Å². The third-order valence-corrected chi connectivity index (χ3v) is 2.65. The fourth-order valence-corrected chi connectivity index (χ4v) is 1.77. The van der Waals surface area contributed by atoms with Gasteiger partial charge in [-0.1, -0.05) is 18.2 Å². The van der Waals surface area contributed by atoms with Gasteiger partial charge in [-0.2, -0.15) is 0 Å². The number of allylic oxidation sites excluding steroid dienone is 3. The van der Waals surface area contributed by atoms with Crippen LogP contribution in [0.15, 0.2) is 23.8 Å². The largest absolute Gasteiger partial charge is 0.394 e. The van der Waals surface area contributed by atoms with E-state index in [1.54, 1.807) is 0 Å². The molecule has 2 aliphatic rings. The third kappa shape index (κ3) is 1.42. The molecule has 66 valence electrons. The second-order valence-corrected chi connectivity index (χ2v) is 3.60. The number of epoxide rings is 1. The van der Waals surface area contributed by atoms with Gasteiger partial charge in [0.1, 0.15) is 12.2 Å². The molecule has 1 saturated heterocycles. The molecule has 2 nitrogen and oxygen atoms in total. The van der Waals surface area contributed by atoms with E-state index < -0.39 is 0 Å². The normalized spacial score (nSPS) is 39.5. The van der Waals surface area contributed by atoms with Gasteiger partial charge in [-0.15, -0.1) is 11.6 Å². The van der Waals surface area contributed by atoms with Crippen molar-refractivity contribution in [1.82, 2.24) is 0 Å². The van der Waals surface area contributed by atoms with Gasteiger partial charge in [-0.05, 0) is 12.0 Å². The highest BCUT2D eigenvalue weighted by Crippen LogP contribution is 2.35. The fraction of sp³-hybridized carbons (Fsp3) is 0.556. The molecule has 0 aromatic heterocycles. The maximum absolute atomic E-state index is 8.78. The van der Waals surface area contributed by atoms with Crippen molar-refractivity contribution in [2.75, 3.05) is 6.61 Å². The lowest BCUT2D eigenvalue weighted by Crippen LogP contribution is -2.13. The smallest absolute Gasteiger partial charge is 0.112 e. The molecule has 1 aliphatic heterocycles. The summed E-state index contributed by atoms with van der Waals surface area (Å²) in [6, 6.07) is 0. The molecule has 0 spiro atoms. The van der Waals surface area contributed by atoms with Crippen molar-refractivity contribution >= 4 is 11.6 Å². The molecule has 0 amide bonds. The minimum absolute atomic E-state index is 0.0102. The molecule has 2 rings (SSSR count). The minimum atomic E-state index is -0.0102. The predicted octanol–water partition coefficient (Wildman–Crippen LogP) is 1.24. The van der Waals surface area contributed by atoms with Crippen molar-refractivity contribution in [2.24, 2.45) is 0 Å². The number of aliphatic hydroxyl groups excluding tert-OH is 1. The molecule has 12 heavy (non-hydrogen) atoms. The summed E-state index contributed by atoms with van der Waals surface area (Å²) < 4.78 is 5.24. The van der Waals surface area contributed by atoms with E-state index in [1.165, 1.54) is 0 Å². The lowest BCUT2D eigenvalue weighted by atomic mass is 10.00. The van der Waals surface area contributed by atoms with E-state index >= 15 is 0 Å². The highest BCUT2D eigenvalue weighted by molar-refractivity contribution is 6.22. The molecule has 3 heteroatoms. The number of ether oxygens (including phenoxy) is 1. The van der Waals surface area contributed by atoms with Gasteiger partial charge in [0.25, 0.3) is 0 Å². The lowest BCUT2D eigenvalue weighted by Gasteiger charge is -2.12. The number of alkyl halides is 1.